The summed E-state index contributed by atoms with van der Waals surface area (Å²) in [5.74, 6) is 0.488. The number of hydrogen-bond acceptors (Lipinski definition) is 1. The first kappa shape index (κ1) is 13.6. The van der Waals surface area contributed by atoms with Crippen molar-refractivity contribution in [1.82, 2.24) is 0 Å². The van der Waals surface area contributed by atoms with Crippen molar-refractivity contribution in [3.8, 4) is 0 Å². The molecular formula is C13H11Br2ClS. The number of halogens is 3. The molecule has 2 aromatic rings. The van der Waals surface area contributed by atoms with Crippen LogP contribution in [0.2, 0.25) is 5.02 Å². The summed E-state index contributed by atoms with van der Waals surface area (Å²) in [7, 11) is 0. The van der Waals surface area contributed by atoms with Gasteiger partial charge in [0.1, 0.15) is 0 Å². The number of alkyl halides is 1. The molecule has 90 valence electrons. The summed E-state index contributed by atoms with van der Waals surface area (Å²) in [5.41, 5.74) is 1.33. The lowest BCUT2D eigenvalue weighted by molar-refractivity contribution is 0.784. The normalized spacial score (nSPS) is 12.6. The molecule has 4 heteroatoms. The second-order valence-electron chi connectivity index (χ2n) is 3.80. The second-order valence-corrected chi connectivity index (χ2v) is 6.74. The fourth-order valence-electron chi connectivity index (χ4n) is 1.69. The van der Waals surface area contributed by atoms with E-state index in [1.54, 1.807) is 11.3 Å². The van der Waals surface area contributed by atoms with Gasteiger partial charge >= 0.3 is 0 Å². The molecule has 0 spiro atoms. The second kappa shape index (κ2) is 6.37. The molecule has 0 N–H and O–H groups in total. The Morgan fingerprint density at radius 3 is 2.41 bits per heavy atom. The van der Waals surface area contributed by atoms with Gasteiger partial charge < -0.3 is 0 Å². The van der Waals surface area contributed by atoms with Gasteiger partial charge in [-0.2, -0.15) is 0 Å². The predicted molar refractivity (Wildman–Crippen MR) is 83.7 cm³/mol. The Hall–Kier alpha value is 0.170. The Morgan fingerprint density at radius 2 is 1.88 bits per heavy atom. The van der Waals surface area contributed by atoms with Crippen LogP contribution >= 0.6 is 54.8 Å². The van der Waals surface area contributed by atoms with Gasteiger partial charge in [-0.3, -0.25) is 0 Å². The zero-order valence-electron chi connectivity index (χ0n) is 9.00. The summed E-state index contributed by atoms with van der Waals surface area (Å²) in [4.78, 5) is 1.39. The topological polar surface area (TPSA) is 0 Å². The lowest BCUT2D eigenvalue weighted by Gasteiger charge is -2.14. The highest BCUT2D eigenvalue weighted by molar-refractivity contribution is 9.10. The molecule has 0 amide bonds. The van der Waals surface area contributed by atoms with Crippen molar-refractivity contribution < 1.29 is 0 Å². The molecule has 0 bridgehead atoms. The maximum absolute atomic E-state index is 5.91. The van der Waals surface area contributed by atoms with Crippen LogP contribution < -0.4 is 0 Å². The first-order valence-corrected chi connectivity index (χ1v) is 8.41. The monoisotopic (exact) mass is 392 g/mol. The minimum absolute atomic E-state index is 0.488. The largest absolute Gasteiger partial charge is 0.148 e. The van der Waals surface area contributed by atoms with Gasteiger partial charge in [-0.25, -0.2) is 0 Å². The molecular weight excluding hydrogens is 383 g/mol. The number of hydrogen-bond donors (Lipinski definition) is 0. The van der Waals surface area contributed by atoms with Gasteiger partial charge in [0.05, 0.1) is 0 Å². The number of rotatable bonds is 4. The van der Waals surface area contributed by atoms with Crippen molar-refractivity contribution in [1.29, 1.82) is 0 Å². The molecule has 0 aliphatic heterocycles. The Kier molecular flexibility index (Phi) is 5.10. The highest BCUT2D eigenvalue weighted by Gasteiger charge is 2.13. The summed E-state index contributed by atoms with van der Waals surface area (Å²) in [6.45, 7) is 0. The molecule has 0 saturated carbocycles. The highest BCUT2D eigenvalue weighted by Crippen LogP contribution is 2.30. The molecule has 1 heterocycles. The standard InChI is InChI=1S/C13H11Br2ClS/c14-8-10(7-13-12(15)5-6-17-13)9-1-3-11(16)4-2-9/h1-6,10H,7-8H2. The van der Waals surface area contributed by atoms with Gasteiger partial charge in [-0.1, -0.05) is 39.7 Å². The third kappa shape index (κ3) is 3.57. The lowest BCUT2D eigenvalue weighted by atomic mass is 9.97. The molecule has 2 rings (SSSR count). The maximum Gasteiger partial charge on any atom is 0.0406 e. The quantitative estimate of drug-likeness (QED) is 0.568. The molecule has 0 aliphatic rings. The summed E-state index contributed by atoms with van der Waals surface area (Å²) < 4.78 is 1.21. The van der Waals surface area contributed by atoms with E-state index in [2.05, 4.69) is 55.4 Å². The van der Waals surface area contributed by atoms with Crippen LogP contribution in [0.25, 0.3) is 0 Å². The van der Waals surface area contributed by atoms with Crippen LogP contribution in [0, 0.1) is 0 Å². The van der Waals surface area contributed by atoms with Crippen LogP contribution in [0.4, 0.5) is 0 Å². The first-order chi connectivity index (χ1) is 8.20. The zero-order valence-corrected chi connectivity index (χ0v) is 13.7. The van der Waals surface area contributed by atoms with E-state index in [4.69, 9.17) is 11.6 Å². The molecule has 0 nitrogen and oxygen atoms in total. The summed E-state index contributed by atoms with van der Waals surface area (Å²) in [6, 6.07) is 10.2. The van der Waals surface area contributed by atoms with E-state index < -0.39 is 0 Å². The van der Waals surface area contributed by atoms with Crippen molar-refractivity contribution in [3.05, 3.63) is 55.6 Å². The zero-order chi connectivity index (χ0) is 12.3. The molecule has 1 unspecified atom stereocenters. The van der Waals surface area contributed by atoms with Crippen LogP contribution in [0.1, 0.15) is 16.4 Å². The van der Waals surface area contributed by atoms with E-state index in [-0.39, 0.29) is 0 Å². The van der Waals surface area contributed by atoms with Crippen molar-refractivity contribution in [2.24, 2.45) is 0 Å². The minimum Gasteiger partial charge on any atom is -0.148 e. The fraction of sp³-hybridized carbons (Fsp3) is 0.231. The van der Waals surface area contributed by atoms with E-state index in [1.807, 2.05) is 12.1 Å². The third-order valence-corrected chi connectivity index (χ3v) is 5.63. The summed E-state index contributed by atoms with van der Waals surface area (Å²) >= 11 is 14.9. The van der Waals surface area contributed by atoms with Crippen molar-refractivity contribution in [3.63, 3.8) is 0 Å². The van der Waals surface area contributed by atoms with E-state index >= 15 is 0 Å². The van der Waals surface area contributed by atoms with E-state index in [0.29, 0.717) is 5.92 Å². The Labute approximate surface area is 127 Å². The highest BCUT2D eigenvalue weighted by atomic mass is 79.9. The maximum atomic E-state index is 5.91. The van der Waals surface area contributed by atoms with Gasteiger partial charge in [0.15, 0.2) is 0 Å². The SMILES string of the molecule is Clc1ccc(C(CBr)Cc2sccc2Br)cc1. The Morgan fingerprint density at radius 1 is 1.18 bits per heavy atom. The van der Waals surface area contributed by atoms with Crippen molar-refractivity contribution >= 4 is 54.8 Å². The van der Waals surface area contributed by atoms with Gasteiger partial charge in [-0.15, -0.1) is 11.3 Å². The van der Waals surface area contributed by atoms with Crippen LogP contribution in [0.5, 0.6) is 0 Å². The molecule has 0 fully saturated rings. The molecule has 0 aliphatic carbocycles. The molecule has 1 atom stereocenters. The number of benzene rings is 1. The lowest BCUT2D eigenvalue weighted by Crippen LogP contribution is -2.03. The van der Waals surface area contributed by atoms with Crippen molar-refractivity contribution in [2.75, 3.05) is 5.33 Å². The first-order valence-electron chi connectivity index (χ1n) is 5.24. The van der Waals surface area contributed by atoms with E-state index in [9.17, 15) is 0 Å². The minimum atomic E-state index is 0.488. The smallest absolute Gasteiger partial charge is 0.0406 e. The molecule has 0 saturated heterocycles. The average molecular weight is 395 g/mol. The van der Waals surface area contributed by atoms with Gasteiger partial charge in [0.2, 0.25) is 0 Å². The van der Waals surface area contributed by atoms with Crippen LogP contribution in [-0.2, 0) is 6.42 Å². The van der Waals surface area contributed by atoms with E-state index in [0.717, 1.165) is 16.8 Å². The fourth-order valence-corrected chi connectivity index (χ4v) is 4.02. The molecule has 17 heavy (non-hydrogen) atoms. The summed E-state index contributed by atoms with van der Waals surface area (Å²) in [6.07, 6.45) is 1.05. The van der Waals surface area contributed by atoms with Crippen molar-refractivity contribution in [2.45, 2.75) is 12.3 Å². The third-order valence-electron chi connectivity index (χ3n) is 2.65. The number of thiophene rings is 1. The van der Waals surface area contributed by atoms with Gasteiger partial charge in [0.25, 0.3) is 0 Å². The molecule has 0 radical (unpaired) electrons. The van der Waals surface area contributed by atoms with Gasteiger partial charge in [0, 0.05) is 19.7 Å². The predicted octanol–water partition coefficient (Wildman–Crippen LogP) is 5.89. The Bertz CT molecular complexity index is 478. The van der Waals surface area contributed by atoms with Crippen LogP contribution in [0.15, 0.2) is 40.2 Å². The average Bonchev–Trinajstić information content (AvgIpc) is 2.73. The van der Waals surface area contributed by atoms with Gasteiger partial charge in [-0.05, 0) is 57.4 Å². The van der Waals surface area contributed by atoms with Crippen LogP contribution in [-0.4, -0.2) is 5.33 Å². The van der Waals surface area contributed by atoms with E-state index in [1.165, 1.54) is 14.9 Å². The molecule has 1 aromatic carbocycles. The molecule has 1 aromatic heterocycles. The summed E-state index contributed by atoms with van der Waals surface area (Å²) in [5, 5.41) is 3.87. The van der Waals surface area contributed by atoms with Crippen LogP contribution in [0.3, 0.4) is 0 Å². The Balaban J connectivity index is 2.17.